The molecule has 3 rings (SSSR count). The number of anilines is 1. The van der Waals surface area contributed by atoms with Crippen LogP contribution in [0.25, 0.3) is 0 Å². The predicted octanol–water partition coefficient (Wildman–Crippen LogP) is 3.42. The van der Waals surface area contributed by atoms with Crippen LogP contribution in [0.1, 0.15) is 19.5 Å². The van der Waals surface area contributed by atoms with E-state index in [-0.39, 0.29) is 5.91 Å². The molecule has 140 valence electrons. The quantitative estimate of drug-likeness (QED) is 0.811. The van der Waals surface area contributed by atoms with Gasteiger partial charge in [-0.15, -0.1) is 11.3 Å². The van der Waals surface area contributed by atoms with Gasteiger partial charge in [0.15, 0.2) is 10.7 Å². The number of thiazole rings is 1. The monoisotopic (exact) mass is 395 g/mol. The second-order valence-corrected chi connectivity index (χ2v) is 7.85. The van der Waals surface area contributed by atoms with Crippen molar-refractivity contribution in [2.75, 3.05) is 31.6 Å². The molecule has 0 bridgehead atoms. The molecule has 2 heterocycles. The molecular weight excluding hydrogens is 374 g/mol. The summed E-state index contributed by atoms with van der Waals surface area (Å²) in [7, 11) is 0. The molecule has 1 amide bonds. The first-order valence-corrected chi connectivity index (χ1v) is 9.69. The zero-order valence-corrected chi connectivity index (χ0v) is 16.4. The number of carbonyl (C=O) groups excluding carboxylic acids is 1. The topological polar surface area (TPSA) is 63.7 Å². The Kier molecular flexibility index (Phi) is 6.13. The lowest BCUT2D eigenvalue weighted by Crippen LogP contribution is -2.42. The Bertz CT molecular complexity index is 742. The average Bonchev–Trinajstić information content (AvgIpc) is 3.04. The van der Waals surface area contributed by atoms with Crippen LogP contribution in [-0.2, 0) is 16.1 Å². The third-order valence-electron chi connectivity index (χ3n) is 3.99. The Hall–Kier alpha value is -1.67. The Morgan fingerprint density at radius 1 is 1.35 bits per heavy atom. The molecule has 2 aromatic rings. The predicted molar refractivity (Wildman–Crippen MR) is 103 cm³/mol. The van der Waals surface area contributed by atoms with Crippen molar-refractivity contribution in [3.05, 3.63) is 40.4 Å². The van der Waals surface area contributed by atoms with Crippen molar-refractivity contribution in [2.24, 2.45) is 0 Å². The first-order valence-electron chi connectivity index (χ1n) is 8.43. The summed E-state index contributed by atoms with van der Waals surface area (Å²) in [5.41, 5.74) is -0.0900. The number of hydrogen-bond acceptors (Lipinski definition) is 6. The van der Waals surface area contributed by atoms with Crippen molar-refractivity contribution < 1.29 is 14.3 Å². The molecule has 1 aromatic carbocycles. The summed E-state index contributed by atoms with van der Waals surface area (Å²) in [6, 6.07) is 6.93. The smallest absolute Gasteiger partial charge is 0.269 e. The normalized spacial score (nSPS) is 15.7. The molecule has 0 aliphatic carbocycles. The van der Waals surface area contributed by atoms with E-state index >= 15 is 0 Å². The second kappa shape index (κ2) is 8.35. The fourth-order valence-electron chi connectivity index (χ4n) is 2.52. The van der Waals surface area contributed by atoms with Crippen molar-refractivity contribution in [2.45, 2.75) is 26.0 Å². The fourth-order valence-corrected chi connectivity index (χ4v) is 3.34. The van der Waals surface area contributed by atoms with Gasteiger partial charge in [0, 0.05) is 30.0 Å². The summed E-state index contributed by atoms with van der Waals surface area (Å²) in [5, 5.41) is 6.01. The van der Waals surface area contributed by atoms with Gasteiger partial charge in [-0.2, -0.15) is 0 Å². The van der Waals surface area contributed by atoms with Gasteiger partial charge in [-0.05, 0) is 38.1 Å². The number of hydrogen-bond donors (Lipinski definition) is 1. The number of morpholine rings is 1. The zero-order chi connectivity index (χ0) is 18.6. The summed E-state index contributed by atoms with van der Waals surface area (Å²) in [5.74, 6) is 0.335. The highest BCUT2D eigenvalue weighted by Gasteiger charge is 2.30. The van der Waals surface area contributed by atoms with Crippen molar-refractivity contribution in [3.63, 3.8) is 0 Å². The number of aromatic nitrogens is 1. The highest BCUT2D eigenvalue weighted by atomic mass is 35.5. The summed E-state index contributed by atoms with van der Waals surface area (Å²) in [6.45, 7) is 7.52. The van der Waals surface area contributed by atoms with Gasteiger partial charge in [0.1, 0.15) is 5.75 Å². The largest absolute Gasteiger partial charge is 0.478 e. The number of nitrogens with zero attached hydrogens (tertiary/aromatic N) is 2. The van der Waals surface area contributed by atoms with E-state index in [1.54, 1.807) is 38.1 Å². The molecule has 0 unspecified atom stereocenters. The van der Waals surface area contributed by atoms with E-state index in [2.05, 4.69) is 15.2 Å². The van der Waals surface area contributed by atoms with Crippen molar-refractivity contribution >= 4 is 34.0 Å². The van der Waals surface area contributed by atoms with E-state index in [0.717, 1.165) is 38.5 Å². The maximum atomic E-state index is 12.6. The number of ether oxygens (including phenoxy) is 2. The van der Waals surface area contributed by atoms with Crippen LogP contribution in [-0.4, -0.2) is 47.7 Å². The molecule has 0 atom stereocenters. The minimum atomic E-state index is -1.04. The van der Waals surface area contributed by atoms with Crippen LogP contribution in [0, 0.1) is 0 Å². The molecule has 0 spiro atoms. The number of amides is 1. The minimum absolute atomic E-state index is 0.250. The van der Waals surface area contributed by atoms with Crippen LogP contribution in [0.5, 0.6) is 5.75 Å². The van der Waals surface area contributed by atoms with E-state index in [4.69, 9.17) is 21.1 Å². The minimum Gasteiger partial charge on any atom is -0.478 e. The lowest BCUT2D eigenvalue weighted by molar-refractivity contribution is -0.128. The highest BCUT2D eigenvalue weighted by Crippen LogP contribution is 2.23. The van der Waals surface area contributed by atoms with Gasteiger partial charge < -0.3 is 9.47 Å². The van der Waals surface area contributed by atoms with E-state index in [1.807, 2.05) is 5.38 Å². The lowest BCUT2D eigenvalue weighted by atomic mass is 10.1. The molecule has 1 aromatic heterocycles. The Labute approximate surface area is 162 Å². The molecule has 1 aliphatic heterocycles. The zero-order valence-electron chi connectivity index (χ0n) is 14.8. The van der Waals surface area contributed by atoms with E-state index in [9.17, 15) is 4.79 Å². The van der Waals surface area contributed by atoms with Gasteiger partial charge in [0.05, 0.1) is 18.9 Å². The second-order valence-electron chi connectivity index (χ2n) is 6.55. The summed E-state index contributed by atoms with van der Waals surface area (Å²) in [6.07, 6.45) is 0. The Morgan fingerprint density at radius 2 is 2.04 bits per heavy atom. The van der Waals surface area contributed by atoms with E-state index in [0.29, 0.717) is 15.9 Å². The molecule has 8 heteroatoms. The summed E-state index contributed by atoms with van der Waals surface area (Å²) in [4.78, 5) is 19.4. The van der Waals surface area contributed by atoms with Gasteiger partial charge in [-0.3, -0.25) is 15.0 Å². The number of carbonyl (C=O) groups is 1. The van der Waals surface area contributed by atoms with Gasteiger partial charge in [-0.1, -0.05) is 11.6 Å². The number of rotatable bonds is 6. The van der Waals surface area contributed by atoms with Crippen molar-refractivity contribution in [1.29, 1.82) is 0 Å². The molecule has 6 nitrogen and oxygen atoms in total. The molecule has 0 radical (unpaired) electrons. The van der Waals surface area contributed by atoms with Gasteiger partial charge in [-0.25, -0.2) is 4.98 Å². The van der Waals surface area contributed by atoms with Crippen LogP contribution in [0.4, 0.5) is 5.13 Å². The molecule has 1 fully saturated rings. The van der Waals surface area contributed by atoms with Gasteiger partial charge in [0.2, 0.25) is 0 Å². The number of benzene rings is 1. The standard InChI is InChI=1S/C18H22ClN3O3S/c1-18(2,25-15-5-3-13(19)4-6-15)16(23)21-17-20-14(12-26-17)11-22-7-9-24-10-8-22/h3-6,12H,7-11H2,1-2H3,(H,20,21,23). The Balaban J connectivity index is 1.57. The fraction of sp³-hybridized carbons (Fsp3) is 0.444. The Morgan fingerprint density at radius 3 is 2.73 bits per heavy atom. The van der Waals surface area contributed by atoms with Gasteiger partial charge in [0.25, 0.3) is 5.91 Å². The first-order chi connectivity index (χ1) is 12.4. The van der Waals surface area contributed by atoms with Crippen molar-refractivity contribution in [3.8, 4) is 5.75 Å². The molecule has 1 saturated heterocycles. The lowest BCUT2D eigenvalue weighted by Gasteiger charge is -2.25. The van der Waals surface area contributed by atoms with Crippen LogP contribution >= 0.6 is 22.9 Å². The third-order valence-corrected chi connectivity index (χ3v) is 5.05. The van der Waals surface area contributed by atoms with Crippen molar-refractivity contribution in [1.82, 2.24) is 9.88 Å². The average molecular weight is 396 g/mol. The third kappa shape index (κ3) is 5.17. The van der Waals surface area contributed by atoms with Gasteiger partial charge >= 0.3 is 0 Å². The first kappa shape index (κ1) is 19.1. The van der Waals surface area contributed by atoms with E-state index in [1.165, 1.54) is 11.3 Å². The summed E-state index contributed by atoms with van der Waals surface area (Å²) < 4.78 is 11.2. The highest BCUT2D eigenvalue weighted by molar-refractivity contribution is 7.13. The molecule has 1 N–H and O–H groups in total. The molecule has 1 aliphatic rings. The number of nitrogens with one attached hydrogen (secondary N) is 1. The van der Waals surface area contributed by atoms with Crippen LogP contribution in [0.2, 0.25) is 5.02 Å². The maximum absolute atomic E-state index is 12.6. The van der Waals surface area contributed by atoms with Crippen LogP contribution in [0.15, 0.2) is 29.6 Å². The maximum Gasteiger partial charge on any atom is 0.269 e. The van der Waals surface area contributed by atoms with Crippen LogP contribution in [0.3, 0.4) is 0 Å². The molecule has 0 saturated carbocycles. The van der Waals surface area contributed by atoms with E-state index < -0.39 is 5.60 Å². The van der Waals surface area contributed by atoms with Crippen LogP contribution < -0.4 is 10.1 Å². The number of halogens is 1. The summed E-state index contributed by atoms with van der Waals surface area (Å²) >= 11 is 7.29. The SMILES string of the molecule is CC(C)(Oc1ccc(Cl)cc1)C(=O)Nc1nc(CN2CCOCC2)cs1. The molecule has 26 heavy (non-hydrogen) atoms. The molecular formula is C18H22ClN3O3S.